The number of esters is 1. The Morgan fingerprint density at radius 2 is 1.67 bits per heavy atom. The van der Waals surface area contributed by atoms with Crippen molar-refractivity contribution in [2.75, 3.05) is 27.9 Å². The number of benzene rings is 2. The van der Waals surface area contributed by atoms with Gasteiger partial charge in [0.05, 0.1) is 27.9 Å². The van der Waals surface area contributed by atoms with Crippen LogP contribution in [0.25, 0.3) is 0 Å². The molecule has 1 saturated carbocycles. The first-order chi connectivity index (χ1) is 14.5. The predicted octanol–water partition coefficient (Wildman–Crippen LogP) is 3.07. The van der Waals surface area contributed by atoms with Crippen molar-refractivity contribution in [3.05, 3.63) is 53.6 Å². The summed E-state index contributed by atoms with van der Waals surface area (Å²) in [5.74, 6) is 0.195. The van der Waals surface area contributed by atoms with E-state index in [2.05, 4.69) is 5.32 Å². The molecule has 1 fully saturated rings. The molecule has 0 aliphatic heterocycles. The van der Waals surface area contributed by atoms with Crippen molar-refractivity contribution in [1.29, 1.82) is 0 Å². The Hall–Kier alpha value is -3.22. The number of carbonyl (C=O) groups is 2. The van der Waals surface area contributed by atoms with Crippen molar-refractivity contribution in [2.45, 2.75) is 25.8 Å². The van der Waals surface area contributed by atoms with Gasteiger partial charge in [0.25, 0.3) is 0 Å². The van der Waals surface area contributed by atoms with E-state index in [-0.39, 0.29) is 18.4 Å². The summed E-state index contributed by atoms with van der Waals surface area (Å²) in [6.07, 6.45) is 0.352. The third-order valence-electron chi connectivity index (χ3n) is 5.39. The van der Waals surface area contributed by atoms with Crippen LogP contribution in [0.4, 0.5) is 0 Å². The maximum Gasteiger partial charge on any atom is 0.322 e. The van der Waals surface area contributed by atoms with Gasteiger partial charge >= 0.3 is 5.97 Å². The van der Waals surface area contributed by atoms with E-state index >= 15 is 0 Å². The fourth-order valence-electron chi connectivity index (χ4n) is 3.73. The molecule has 0 aromatic heterocycles. The lowest BCUT2D eigenvalue weighted by molar-refractivity contribution is -0.154. The Labute approximate surface area is 176 Å². The molecule has 1 amide bonds. The second-order valence-corrected chi connectivity index (χ2v) is 7.08. The van der Waals surface area contributed by atoms with Gasteiger partial charge in [0.15, 0.2) is 16.9 Å². The molecule has 3 rings (SSSR count). The lowest BCUT2D eigenvalue weighted by Gasteiger charge is -2.18. The summed E-state index contributed by atoms with van der Waals surface area (Å²) < 4.78 is 21.5. The highest BCUT2D eigenvalue weighted by atomic mass is 16.5. The van der Waals surface area contributed by atoms with Crippen LogP contribution in [0.1, 0.15) is 30.4 Å². The van der Waals surface area contributed by atoms with Gasteiger partial charge < -0.3 is 24.3 Å². The summed E-state index contributed by atoms with van der Waals surface area (Å²) in [6.45, 7) is 2.27. The van der Waals surface area contributed by atoms with E-state index in [1.807, 2.05) is 30.3 Å². The van der Waals surface area contributed by atoms with Crippen LogP contribution in [0.15, 0.2) is 42.5 Å². The molecule has 0 heterocycles. The zero-order valence-corrected chi connectivity index (χ0v) is 17.7. The molecule has 30 heavy (non-hydrogen) atoms. The summed E-state index contributed by atoms with van der Waals surface area (Å²) >= 11 is 0. The molecule has 7 heteroatoms. The van der Waals surface area contributed by atoms with Crippen molar-refractivity contribution < 1.29 is 28.5 Å². The van der Waals surface area contributed by atoms with Crippen molar-refractivity contribution in [2.24, 2.45) is 5.41 Å². The van der Waals surface area contributed by atoms with Gasteiger partial charge in [0, 0.05) is 12.5 Å². The minimum absolute atomic E-state index is 0.203. The van der Waals surface area contributed by atoms with Crippen LogP contribution >= 0.6 is 0 Å². The third kappa shape index (κ3) is 3.92. The van der Waals surface area contributed by atoms with Crippen LogP contribution in [0.3, 0.4) is 0 Å². The van der Waals surface area contributed by atoms with Crippen molar-refractivity contribution in [3.63, 3.8) is 0 Å². The highest BCUT2D eigenvalue weighted by Gasteiger charge is 2.67. The lowest BCUT2D eigenvalue weighted by atomic mass is 9.97. The number of amides is 1. The molecule has 0 bridgehead atoms. The van der Waals surface area contributed by atoms with E-state index in [1.54, 1.807) is 19.1 Å². The van der Waals surface area contributed by atoms with Gasteiger partial charge in [-0.2, -0.15) is 0 Å². The Balaban J connectivity index is 1.89. The van der Waals surface area contributed by atoms with Crippen molar-refractivity contribution in [1.82, 2.24) is 5.32 Å². The number of ether oxygens (including phenoxy) is 4. The normalized spacial score (nSPS) is 19.5. The Bertz CT molecular complexity index is 888. The highest BCUT2D eigenvalue weighted by Crippen LogP contribution is 2.61. The summed E-state index contributed by atoms with van der Waals surface area (Å²) in [5.41, 5.74) is 0.442. The van der Waals surface area contributed by atoms with Gasteiger partial charge in [-0.25, -0.2) is 0 Å². The van der Waals surface area contributed by atoms with Crippen LogP contribution < -0.4 is 19.5 Å². The second-order valence-electron chi connectivity index (χ2n) is 7.08. The quantitative estimate of drug-likeness (QED) is 0.503. The summed E-state index contributed by atoms with van der Waals surface area (Å²) in [7, 11) is 4.58. The Morgan fingerprint density at radius 1 is 1.03 bits per heavy atom. The molecule has 1 aliphatic carbocycles. The average molecular weight is 413 g/mol. The lowest BCUT2D eigenvalue weighted by Crippen LogP contribution is -2.39. The first-order valence-corrected chi connectivity index (χ1v) is 9.81. The molecule has 160 valence electrons. The molecule has 0 saturated heterocycles. The van der Waals surface area contributed by atoms with Crippen LogP contribution in [0, 0.1) is 5.41 Å². The number of nitrogens with one attached hydrogen (secondary N) is 1. The van der Waals surface area contributed by atoms with Crippen LogP contribution in [0.2, 0.25) is 0 Å². The smallest absolute Gasteiger partial charge is 0.322 e. The average Bonchev–Trinajstić information content (AvgIpc) is 3.54. The largest absolute Gasteiger partial charge is 0.493 e. The monoisotopic (exact) mass is 413 g/mol. The number of rotatable bonds is 9. The topological polar surface area (TPSA) is 83.1 Å². The predicted molar refractivity (Wildman–Crippen MR) is 111 cm³/mol. The van der Waals surface area contributed by atoms with Gasteiger partial charge in [0.1, 0.15) is 0 Å². The molecule has 0 spiro atoms. The van der Waals surface area contributed by atoms with E-state index in [1.165, 1.54) is 21.3 Å². The number of hydrogen-bond donors (Lipinski definition) is 1. The maximum absolute atomic E-state index is 13.1. The van der Waals surface area contributed by atoms with Gasteiger partial charge in [-0.05, 0) is 36.6 Å². The van der Waals surface area contributed by atoms with E-state index in [4.69, 9.17) is 18.9 Å². The Morgan fingerprint density at radius 3 is 2.20 bits per heavy atom. The zero-order chi connectivity index (χ0) is 21.7. The first-order valence-electron chi connectivity index (χ1n) is 9.81. The zero-order valence-electron chi connectivity index (χ0n) is 17.7. The van der Waals surface area contributed by atoms with Crippen LogP contribution in [-0.4, -0.2) is 39.8 Å². The fraction of sp³-hybridized carbons (Fsp3) is 0.391. The number of hydrogen-bond acceptors (Lipinski definition) is 6. The maximum atomic E-state index is 13.1. The molecule has 7 nitrogen and oxygen atoms in total. The summed E-state index contributed by atoms with van der Waals surface area (Å²) in [4.78, 5) is 26.0. The molecule has 2 unspecified atom stereocenters. The van der Waals surface area contributed by atoms with Crippen molar-refractivity contribution >= 4 is 11.9 Å². The van der Waals surface area contributed by atoms with Crippen molar-refractivity contribution in [3.8, 4) is 17.2 Å². The SMILES string of the molecule is CCOC(=O)C1(C(=O)NCc2ccccc2)CC1c1cc(OC)c(OC)c(OC)c1. The molecular formula is C23H27NO6. The molecule has 0 radical (unpaired) electrons. The molecule has 2 aromatic carbocycles. The Kier molecular flexibility index (Phi) is 6.50. The standard InChI is InChI=1S/C23H27NO6/c1-5-30-22(26)23(21(25)24-14-15-9-7-6-8-10-15)13-17(23)16-11-18(27-2)20(29-4)19(12-16)28-3/h6-12,17H,5,13-14H2,1-4H3,(H,24,25). The number of carbonyl (C=O) groups excluding carboxylic acids is 2. The molecule has 1 aliphatic rings. The van der Waals surface area contributed by atoms with Gasteiger partial charge in [0.2, 0.25) is 11.7 Å². The minimum atomic E-state index is -1.27. The molecule has 1 N–H and O–H groups in total. The van der Waals surface area contributed by atoms with Gasteiger partial charge in [-0.3, -0.25) is 9.59 Å². The van der Waals surface area contributed by atoms with E-state index in [0.29, 0.717) is 30.2 Å². The van der Waals surface area contributed by atoms with Gasteiger partial charge in [-0.1, -0.05) is 30.3 Å². The van der Waals surface area contributed by atoms with Crippen LogP contribution in [0.5, 0.6) is 17.2 Å². The number of methoxy groups -OCH3 is 3. The highest BCUT2D eigenvalue weighted by molar-refractivity contribution is 6.07. The first kappa shape index (κ1) is 21.5. The second kappa shape index (κ2) is 9.07. The third-order valence-corrected chi connectivity index (χ3v) is 5.39. The van der Waals surface area contributed by atoms with E-state index in [0.717, 1.165) is 11.1 Å². The summed E-state index contributed by atoms with van der Waals surface area (Å²) in [6, 6.07) is 13.1. The minimum Gasteiger partial charge on any atom is -0.493 e. The van der Waals surface area contributed by atoms with Crippen LogP contribution in [-0.2, 0) is 20.9 Å². The fourth-order valence-corrected chi connectivity index (χ4v) is 3.73. The molecule has 2 atom stereocenters. The van der Waals surface area contributed by atoms with Gasteiger partial charge in [-0.15, -0.1) is 0 Å². The molecular weight excluding hydrogens is 386 g/mol. The molecule has 2 aromatic rings. The van der Waals surface area contributed by atoms with E-state index < -0.39 is 11.4 Å². The van der Waals surface area contributed by atoms with E-state index in [9.17, 15) is 9.59 Å². The summed E-state index contributed by atoms with van der Waals surface area (Å²) in [5, 5.41) is 2.89.